The molecule has 4 heteroatoms. The zero-order valence-corrected chi connectivity index (χ0v) is 12.1. The molecule has 1 amide bonds. The summed E-state index contributed by atoms with van der Waals surface area (Å²) in [5, 5.41) is 2.87. The Kier molecular flexibility index (Phi) is 4.22. The van der Waals surface area contributed by atoms with Gasteiger partial charge in [0.05, 0.1) is 0 Å². The van der Waals surface area contributed by atoms with E-state index in [2.05, 4.69) is 5.32 Å². The highest BCUT2D eigenvalue weighted by atomic mass is 19.1. The van der Waals surface area contributed by atoms with Gasteiger partial charge >= 0.3 is 0 Å². The van der Waals surface area contributed by atoms with Gasteiger partial charge in [0.1, 0.15) is 11.6 Å². The fraction of sp³-hybridized carbons (Fsp3) is 0.588. The Bertz CT molecular complexity index is 511. The summed E-state index contributed by atoms with van der Waals surface area (Å²) in [7, 11) is 0. The summed E-state index contributed by atoms with van der Waals surface area (Å²) in [4.78, 5) is 11.9. The highest BCUT2D eigenvalue weighted by Gasteiger charge is 2.39. The third-order valence-electron chi connectivity index (χ3n) is 4.99. The lowest BCUT2D eigenvalue weighted by molar-refractivity contribution is -0.122. The van der Waals surface area contributed by atoms with Crippen LogP contribution in [0.25, 0.3) is 0 Å². The Balaban J connectivity index is 1.41. The minimum Gasteiger partial charge on any atom is -0.356 e. The summed E-state index contributed by atoms with van der Waals surface area (Å²) in [5.74, 6) is 1.08. The van der Waals surface area contributed by atoms with Crippen molar-refractivity contribution in [3.05, 3.63) is 35.4 Å². The molecule has 2 saturated carbocycles. The standard InChI is InChI=1S/C17H21F2NO/c18-15-7-12(8-16(19)10-15)3-4-20-17(21)9-14-6-11-1-2-13(14)5-11/h7-8,10-11,13-14H,1-6,9H2,(H,20,21)/t11-,13-,14+/m0/s1. The van der Waals surface area contributed by atoms with Gasteiger partial charge in [-0.1, -0.05) is 6.42 Å². The van der Waals surface area contributed by atoms with Gasteiger partial charge in [0, 0.05) is 19.0 Å². The number of amides is 1. The molecule has 0 heterocycles. The van der Waals surface area contributed by atoms with E-state index in [1.54, 1.807) is 0 Å². The average molecular weight is 293 g/mol. The average Bonchev–Trinajstić information content (AvgIpc) is 2.99. The number of hydrogen-bond donors (Lipinski definition) is 1. The molecule has 0 radical (unpaired) electrons. The van der Waals surface area contributed by atoms with Crippen LogP contribution in [-0.4, -0.2) is 12.5 Å². The Hall–Kier alpha value is -1.45. The lowest BCUT2D eigenvalue weighted by Gasteiger charge is -2.20. The molecule has 1 aromatic carbocycles. The number of hydrogen-bond acceptors (Lipinski definition) is 1. The van der Waals surface area contributed by atoms with Gasteiger partial charge < -0.3 is 5.32 Å². The third kappa shape index (κ3) is 3.60. The van der Waals surface area contributed by atoms with Gasteiger partial charge in [0.15, 0.2) is 0 Å². The Morgan fingerprint density at radius 2 is 1.90 bits per heavy atom. The predicted molar refractivity (Wildman–Crippen MR) is 76.6 cm³/mol. The molecule has 21 heavy (non-hydrogen) atoms. The summed E-state index contributed by atoms with van der Waals surface area (Å²) in [6, 6.07) is 3.48. The van der Waals surface area contributed by atoms with Crippen LogP contribution in [0, 0.1) is 29.4 Å². The van der Waals surface area contributed by atoms with Crippen LogP contribution < -0.4 is 5.32 Å². The topological polar surface area (TPSA) is 29.1 Å². The predicted octanol–water partition coefficient (Wildman–Crippen LogP) is 3.45. The molecular formula is C17H21F2NO. The maximum Gasteiger partial charge on any atom is 0.220 e. The van der Waals surface area contributed by atoms with E-state index >= 15 is 0 Å². The molecule has 2 nitrogen and oxygen atoms in total. The molecule has 1 N–H and O–H groups in total. The second-order valence-electron chi connectivity index (χ2n) is 6.52. The first-order valence-electron chi connectivity index (χ1n) is 7.82. The first-order chi connectivity index (χ1) is 10.1. The van der Waals surface area contributed by atoms with E-state index < -0.39 is 11.6 Å². The largest absolute Gasteiger partial charge is 0.356 e. The SMILES string of the molecule is O=C(C[C@H]1C[C@H]2CC[C@H]1C2)NCCc1cc(F)cc(F)c1. The molecule has 0 aliphatic heterocycles. The van der Waals surface area contributed by atoms with Crippen LogP contribution in [-0.2, 0) is 11.2 Å². The number of carbonyl (C=O) groups is 1. The molecule has 2 aliphatic carbocycles. The van der Waals surface area contributed by atoms with Gasteiger partial charge in [0.2, 0.25) is 5.91 Å². The number of rotatable bonds is 5. The van der Waals surface area contributed by atoms with Crippen LogP contribution in [0.1, 0.15) is 37.7 Å². The smallest absolute Gasteiger partial charge is 0.220 e. The molecule has 0 saturated heterocycles. The van der Waals surface area contributed by atoms with Crippen molar-refractivity contribution in [2.45, 2.75) is 38.5 Å². The number of fused-ring (bicyclic) bond motifs is 2. The monoisotopic (exact) mass is 293 g/mol. The maximum atomic E-state index is 13.0. The van der Waals surface area contributed by atoms with Gasteiger partial charge in [-0.3, -0.25) is 4.79 Å². The summed E-state index contributed by atoms with van der Waals surface area (Å²) in [5.41, 5.74) is 0.577. The Labute approximate surface area is 123 Å². The summed E-state index contributed by atoms with van der Waals surface area (Å²) in [6.07, 6.45) is 6.20. The summed E-state index contributed by atoms with van der Waals surface area (Å²) >= 11 is 0. The van der Waals surface area contributed by atoms with Crippen LogP contribution >= 0.6 is 0 Å². The fourth-order valence-electron chi connectivity index (χ4n) is 4.04. The van der Waals surface area contributed by atoms with Crippen molar-refractivity contribution in [2.75, 3.05) is 6.54 Å². The number of carbonyl (C=O) groups excluding carboxylic acids is 1. The minimum atomic E-state index is -0.571. The third-order valence-corrected chi connectivity index (χ3v) is 4.99. The van der Waals surface area contributed by atoms with Gasteiger partial charge in [-0.15, -0.1) is 0 Å². The zero-order chi connectivity index (χ0) is 14.8. The number of halogens is 2. The molecule has 0 aromatic heterocycles. The van der Waals surface area contributed by atoms with Crippen LogP contribution in [0.4, 0.5) is 8.78 Å². The normalized spacial score (nSPS) is 27.0. The van der Waals surface area contributed by atoms with Crippen molar-refractivity contribution < 1.29 is 13.6 Å². The van der Waals surface area contributed by atoms with E-state index in [9.17, 15) is 13.6 Å². The van der Waals surface area contributed by atoms with E-state index in [4.69, 9.17) is 0 Å². The highest BCUT2D eigenvalue weighted by molar-refractivity contribution is 5.76. The molecule has 3 atom stereocenters. The number of benzene rings is 1. The first-order valence-corrected chi connectivity index (χ1v) is 7.82. The van der Waals surface area contributed by atoms with Crippen molar-refractivity contribution in [1.82, 2.24) is 5.32 Å². The van der Waals surface area contributed by atoms with E-state index in [0.29, 0.717) is 30.9 Å². The summed E-state index contributed by atoms with van der Waals surface area (Å²) in [6.45, 7) is 0.433. The van der Waals surface area contributed by atoms with Crippen molar-refractivity contribution in [3.63, 3.8) is 0 Å². The molecule has 2 bridgehead atoms. The first kappa shape index (κ1) is 14.5. The molecule has 2 fully saturated rings. The van der Waals surface area contributed by atoms with Crippen molar-refractivity contribution >= 4 is 5.91 Å². The lowest BCUT2D eigenvalue weighted by Crippen LogP contribution is -2.29. The molecule has 114 valence electrons. The van der Waals surface area contributed by atoms with Gasteiger partial charge in [-0.25, -0.2) is 8.78 Å². The van der Waals surface area contributed by atoms with Crippen LogP contribution in [0.15, 0.2) is 18.2 Å². The molecule has 1 aromatic rings. The molecular weight excluding hydrogens is 272 g/mol. The van der Waals surface area contributed by atoms with E-state index in [-0.39, 0.29) is 5.91 Å². The Morgan fingerprint density at radius 3 is 2.52 bits per heavy atom. The molecule has 3 rings (SSSR count). The molecule has 0 spiro atoms. The summed E-state index contributed by atoms with van der Waals surface area (Å²) < 4.78 is 26.1. The van der Waals surface area contributed by atoms with Gasteiger partial charge in [-0.05, 0) is 61.1 Å². The van der Waals surface area contributed by atoms with Crippen molar-refractivity contribution in [3.8, 4) is 0 Å². The quantitative estimate of drug-likeness (QED) is 0.885. The van der Waals surface area contributed by atoms with E-state index in [1.165, 1.54) is 37.8 Å². The molecule has 0 unspecified atom stereocenters. The molecule has 2 aliphatic rings. The number of nitrogens with one attached hydrogen (secondary N) is 1. The van der Waals surface area contributed by atoms with Crippen molar-refractivity contribution in [2.24, 2.45) is 17.8 Å². The highest BCUT2D eigenvalue weighted by Crippen LogP contribution is 2.49. The fourth-order valence-corrected chi connectivity index (χ4v) is 4.04. The lowest BCUT2D eigenvalue weighted by atomic mass is 9.86. The van der Waals surface area contributed by atoms with E-state index in [1.807, 2.05) is 0 Å². The maximum absolute atomic E-state index is 13.0. The zero-order valence-electron chi connectivity index (χ0n) is 12.1. The van der Waals surface area contributed by atoms with E-state index in [0.717, 1.165) is 17.9 Å². The second kappa shape index (κ2) is 6.12. The van der Waals surface area contributed by atoms with Gasteiger partial charge in [0.25, 0.3) is 0 Å². The van der Waals surface area contributed by atoms with Crippen molar-refractivity contribution in [1.29, 1.82) is 0 Å². The van der Waals surface area contributed by atoms with Crippen LogP contribution in [0.5, 0.6) is 0 Å². The minimum absolute atomic E-state index is 0.0735. The van der Waals surface area contributed by atoms with Crippen LogP contribution in [0.2, 0.25) is 0 Å². The van der Waals surface area contributed by atoms with Gasteiger partial charge in [-0.2, -0.15) is 0 Å². The second-order valence-corrected chi connectivity index (χ2v) is 6.52. The van der Waals surface area contributed by atoms with Crippen LogP contribution in [0.3, 0.4) is 0 Å². The Morgan fingerprint density at radius 1 is 1.14 bits per heavy atom.